The van der Waals surface area contributed by atoms with Crippen LogP contribution in [0.5, 0.6) is 0 Å². The van der Waals surface area contributed by atoms with Gasteiger partial charge in [-0.15, -0.1) is 0 Å². The third-order valence-electron chi connectivity index (χ3n) is 8.42. The van der Waals surface area contributed by atoms with Crippen LogP contribution in [0, 0.1) is 5.41 Å². The molecule has 2 saturated heterocycles. The quantitative estimate of drug-likeness (QED) is 0.608. The van der Waals surface area contributed by atoms with Crippen LogP contribution in [0.15, 0.2) is 18.2 Å². The monoisotopic (exact) mass is 454 g/mol. The highest BCUT2D eigenvalue weighted by Gasteiger charge is 2.31. The summed E-state index contributed by atoms with van der Waals surface area (Å²) in [5.41, 5.74) is 4.91. The van der Waals surface area contributed by atoms with Crippen molar-refractivity contribution in [1.82, 2.24) is 9.80 Å². The second-order valence-corrected chi connectivity index (χ2v) is 11.4. The first-order valence-electron chi connectivity index (χ1n) is 13.5. The SMILES string of the molecule is CCCCN1CCN(c2ccc(N3CCN(C(C)=O)CC3)cc2C2CCC(C)(C)CC2)CC1. The summed E-state index contributed by atoms with van der Waals surface area (Å²) in [6.07, 6.45) is 7.85. The van der Waals surface area contributed by atoms with E-state index in [1.54, 1.807) is 12.5 Å². The minimum atomic E-state index is 0.202. The molecule has 5 nitrogen and oxygen atoms in total. The summed E-state index contributed by atoms with van der Waals surface area (Å²) < 4.78 is 0. The van der Waals surface area contributed by atoms with E-state index in [1.165, 1.54) is 69.5 Å². The fraction of sp³-hybridized carbons (Fsp3) is 0.750. The number of benzene rings is 1. The molecule has 0 bridgehead atoms. The zero-order valence-electron chi connectivity index (χ0n) is 21.6. The third-order valence-corrected chi connectivity index (χ3v) is 8.42. The van der Waals surface area contributed by atoms with Crippen LogP contribution in [-0.4, -0.2) is 74.6 Å². The molecule has 3 fully saturated rings. The Balaban J connectivity index is 1.52. The van der Waals surface area contributed by atoms with Gasteiger partial charge in [0.05, 0.1) is 0 Å². The molecule has 1 aromatic carbocycles. The summed E-state index contributed by atoms with van der Waals surface area (Å²) >= 11 is 0. The maximum Gasteiger partial charge on any atom is 0.219 e. The zero-order chi connectivity index (χ0) is 23.4. The second-order valence-electron chi connectivity index (χ2n) is 11.4. The van der Waals surface area contributed by atoms with Crippen molar-refractivity contribution in [3.8, 4) is 0 Å². The molecule has 0 spiro atoms. The van der Waals surface area contributed by atoms with Crippen LogP contribution in [0.4, 0.5) is 11.4 Å². The van der Waals surface area contributed by atoms with Crippen molar-refractivity contribution in [3.63, 3.8) is 0 Å². The van der Waals surface area contributed by atoms with Crippen molar-refractivity contribution in [2.75, 3.05) is 68.7 Å². The Kier molecular flexibility index (Phi) is 7.88. The van der Waals surface area contributed by atoms with E-state index in [0.29, 0.717) is 11.3 Å². The van der Waals surface area contributed by atoms with Crippen molar-refractivity contribution < 1.29 is 4.79 Å². The van der Waals surface area contributed by atoms with E-state index < -0.39 is 0 Å². The summed E-state index contributed by atoms with van der Waals surface area (Å²) in [5.74, 6) is 0.873. The molecule has 4 rings (SSSR count). The van der Waals surface area contributed by atoms with E-state index >= 15 is 0 Å². The lowest BCUT2D eigenvalue weighted by Crippen LogP contribution is -2.48. The fourth-order valence-corrected chi connectivity index (χ4v) is 5.94. The Morgan fingerprint density at radius 3 is 2.18 bits per heavy atom. The molecule has 1 saturated carbocycles. The number of carbonyl (C=O) groups excluding carboxylic acids is 1. The average Bonchev–Trinajstić information content (AvgIpc) is 2.83. The minimum absolute atomic E-state index is 0.202. The first kappa shape index (κ1) is 24.4. The largest absolute Gasteiger partial charge is 0.369 e. The van der Waals surface area contributed by atoms with Gasteiger partial charge in [0.25, 0.3) is 0 Å². The number of nitrogens with zero attached hydrogens (tertiary/aromatic N) is 4. The van der Waals surface area contributed by atoms with E-state index in [9.17, 15) is 4.79 Å². The maximum atomic E-state index is 11.8. The van der Waals surface area contributed by atoms with Crippen LogP contribution < -0.4 is 9.80 Å². The average molecular weight is 455 g/mol. The molecule has 1 aromatic rings. The summed E-state index contributed by atoms with van der Waals surface area (Å²) in [5, 5.41) is 0. The van der Waals surface area contributed by atoms with Gasteiger partial charge in [-0.1, -0.05) is 27.2 Å². The Bertz CT molecular complexity index is 781. The smallest absolute Gasteiger partial charge is 0.219 e. The molecule has 0 atom stereocenters. The number of rotatable bonds is 6. The van der Waals surface area contributed by atoms with Crippen molar-refractivity contribution in [3.05, 3.63) is 23.8 Å². The zero-order valence-corrected chi connectivity index (χ0v) is 21.6. The number of hydrogen-bond donors (Lipinski definition) is 0. The highest BCUT2D eigenvalue weighted by atomic mass is 16.2. The van der Waals surface area contributed by atoms with Gasteiger partial charge in [-0.25, -0.2) is 0 Å². The molecule has 5 heteroatoms. The van der Waals surface area contributed by atoms with Gasteiger partial charge in [0.2, 0.25) is 5.91 Å². The molecule has 0 radical (unpaired) electrons. The predicted octanol–water partition coefficient (Wildman–Crippen LogP) is 4.96. The van der Waals surface area contributed by atoms with Crippen LogP contribution >= 0.6 is 0 Å². The van der Waals surface area contributed by atoms with Crippen LogP contribution in [0.1, 0.15) is 77.7 Å². The molecular weight excluding hydrogens is 408 g/mol. The summed E-state index contributed by atoms with van der Waals surface area (Å²) in [4.78, 5) is 21.5. The molecule has 184 valence electrons. The molecule has 2 heterocycles. The number of amides is 1. The molecule has 0 aromatic heterocycles. The molecule has 33 heavy (non-hydrogen) atoms. The highest BCUT2D eigenvalue weighted by Crippen LogP contribution is 2.45. The van der Waals surface area contributed by atoms with Crippen molar-refractivity contribution in [2.24, 2.45) is 5.41 Å². The Morgan fingerprint density at radius 1 is 0.939 bits per heavy atom. The predicted molar refractivity (Wildman–Crippen MR) is 139 cm³/mol. The first-order chi connectivity index (χ1) is 15.9. The van der Waals surface area contributed by atoms with Gasteiger partial charge in [0.15, 0.2) is 0 Å². The van der Waals surface area contributed by atoms with Gasteiger partial charge < -0.3 is 14.7 Å². The van der Waals surface area contributed by atoms with Gasteiger partial charge in [-0.3, -0.25) is 9.69 Å². The van der Waals surface area contributed by atoms with Gasteiger partial charge in [-0.05, 0) is 73.7 Å². The van der Waals surface area contributed by atoms with Gasteiger partial charge in [-0.2, -0.15) is 0 Å². The van der Waals surface area contributed by atoms with Crippen LogP contribution in [0.25, 0.3) is 0 Å². The minimum Gasteiger partial charge on any atom is -0.369 e. The highest BCUT2D eigenvalue weighted by molar-refractivity contribution is 5.73. The number of carbonyl (C=O) groups is 1. The summed E-state index contributed by atoms with van der Waals surface area (Å²) in [7, 11) is 0. The van der Waals surface area contributed by atoms with Crippen LogP contribution in [0.2, 0.25) is 0 Å². The second kappa shape index (κ2) is 10.7. The number of unbranched alkanes of at least 4 members (excludes halogenated alkanes) is 1. The standard InChI is InChI=1S/C28H46N4O/c1-5-6-13-29-14-16-32(17-15-29)27-8-7-25(31-20-18-30(19-21-31)23(2)33)22-26(27)24-9-11-28(3,4)12-10-24/h7-8,22,24H,5-6,9-21H2,1-4H3. The van der Waals surface area contributed by atoms with E-state index in [4.69, 9.17) is 0 Å². The molecule has 0 N–H and O–H groups in total. The fourth-order valence-electron chi connectivity index (χ4n) is 5.94. The molecule has 1 aliphatic carbocycles. The van der Waals surface area contributed by atoms with E-state index in [2.05, 4.69) is 53.7 Å². The topological polar surface area (TPSA) is 30.0 Å². The van der Waals surface area contributed by atoms with E-state index in [1.807, 2.05) is 4.90 Å². The molecule has 3 aliphatic rings. The lowest BCUT2D eigenvalue weighted by molar-refractivity contribution is -0.129. The summed E-state index contributed by atoms with van der Waals surface area (Å²) in [6.45, 7) is 18.3. The normalized spacial score (nSPS) is 22.6. The molecular formula is C28H46N4O. The molecule has 1 amide bonds. The Hall–Kier alpha value is -1.75. The van der Waals surface area contributed by atoms with Gasteiger partial charge in [0.1, 0.15) is 0 Å². The van der Waals surface area contributed by atoms with Crippen LogP contribution in [-0.2, 0) is 4.79 Å². The molecule has 0 unspecified atom stereocenters. The Labute approximate surface area is 202 Å². The van der Waals surface area contributed by atoms with Crippen molar-refractivity contribution in [2.45, 2.75) is 72.1 Å². The molecule has 2 aliphatic heterocycles. The number of piperazine rings is 2. The summed E-state index contributed by atoms with van der Waals surface area (Å²) in [6, 6.07) is 7.28. The number of hydrogen-bond acceptors (Lipinski definition) is 4. The number of anilines is 2. The lowest BCUT2D eigenvalue weighted by Gasteiger charge is -2.41. The van der Waals surface area contributed by atoms with Crippen molar-refractivity contribution in [1.29, 1.82) is 0 Å². The van der Waals surface area contributed by atoms with Crippen molar-refractivity contribution >= 4 is 17.3 Å². The van der Waals surface area contributed by atoms with E-state index in [-0.39, 0.29) is 5.91 Å². The van der Waals surface area contributed by atoms with Gasteiger partial charge in [0, 0.05) is 70.7 Å². The first-order valence-corrected chi connectivity index (χ1v) is 13.5. The lowest BCUT2D eigenvalue weighted by atomic mass is 9.71. The van der Waals surface area contributed by atoms with E-state index in [0.717, 1.165) is 39.3 Å². The third kappa shape index (κ3) is 6.03. The van der Waals surface area contributed by atoms with Crippen LogP contribution in [0.3, 0.4) is 0 Å². The maximum absolute atomic E-state index is 11.8. The Morgan fingerprint density at radius 2 is 1.58 bits per heavy atom. The van der Waals surface area contributed by atoms with Gasteiger partial charge >= 0.3 is 0 Å².